The number of rotatable bonds is 5. The van der Waals surface area contributed by atoms with Gasteiger partial charge in [0.1, 0.15) is 5.75 Å². The fraction of sp³-hybridized carbons (Fsp3) is 0.118. The maximum absolute atomic E-state index is 12.5. The van der Waals surface area contributed by atoms with Crippen LogP contribution in [0.4, 0.5) is 0 Å². The molecule has 0 aliphatic heterocycles. The third-order valence-electron chi connectivity index (χ3n) is 2.89. The van der Waals surface area contributed by atoms with Crippen LogP contribution in [-0.2, 0) is 4.74 Å². The molecule has 102 valence electrons. The zero-order valence-electron chi connectivity index (χ0n) is 11.5. The van der Waals surface area contributed by atoms with E-state index < -0.39 is 0 Å². The number of Topliss-reactive ketones (excluding diaryl/α,β-unsaturated/α-hetero) is 1. The Morgan fingerprint density at radius 2 is 1.60 bits per heavy atom. The predicted molar refractivity (Wildman–Crippen MR) is 78.8 cm³/mol. The quantitative estimate of drug-likeness (QED) is 0.472. The van der Waals surface area contributed by atoms with Gasteiger partial charge in [-0.1, -0.05) is 42.5 Å². The van der Waals surface area contributed by atoms with Crippen molar-refractivity contribution in [2.75, 3.05) is 14.2 Å². The van der Waals surface area contributed by atoms with Crippen LogP contribution in [0.25, 0.3) is 6.08 Å². The predicted octanol–water partition coefficient (Wildman–Crippen LogP) is 3.57. The van der Waals surface area contributed by atoms with Crippen LogP contribution in [0.3, 0.4) is 0 Å². The molecule has 0 atom stereocenters. The summed E-state index contributed by atoms with van der Waals surface area (Å²) < 4.78 is 10.4. The van der Waals surface area contributed by atoms with Crippen LogP contribution < -0.4 is 4.74 Å². The third-order valence-corrected chi connectivity index (χ3v) is 2.89. The van der Waals surface area contributed by atoms with E-state index in [9.17, 15) is 4.79 Å². The average molecular weight is 268 g/mol. The highest BCUT2D eigenvalue weighted by molar-refractivity contribution is 6.11. The lowest BCUT2D eigenvalue weighted by Gasteiger charge is -2.09. The number of ketones is 1. The number of carbonyl (C=O) groups excluding carboxylic acids is 1. The highest BCUT2D eigenvalue weighted by Gasteiger charge is 2.17. The zero-order valence-corrected chi connectivity index (χ0v) is 11.5. The second kappa shape index (κ2) is 6.57. The number of ether oxygens (including phenoxy) is 2. The van der Waals surface area contributed by atoms with E-state index in [1.807, 2.05) is 36.4 Å². The van der Waals surface area contributed by atoms with E-state index in [2.05, 4.69) is 0 Å². The van der Waals surface area contributed by atoms with Gasteiger partial charge in [0, 0.05) is 0 Å². The van der Waals surface area contributed by atoms with Gasteiger partial charge >= 0.3 is 0 Å². The standard InChI is InChI=1S/C17H16O3/c1-19-15-11-7-6-10-14(15)17(18)16(20-2)12-13-8-4-3-5-9-13/h3-12H,1-2H3. The number of methoxy groups -OCH3 is 2. The van der Waals surface area contributed by atoms with Crippen molar-refractivity contribution in [1.82, 2.24) is 0 Å². The fourth-order valence-corrected chi connectivity index (χ4v) is 1.88. The molecule has 0 fully saturated rings. The van der Waals surface area contributed by atoms with Crippen LogP contribution in [0.1, 0.15) is 15.9 Å². The molecule has 0 saturated carbocycles. The van der Waals surface area contributed by atoms with Gasteiger partial charge in [0.25, 0.3) is 0 Å². The highest BCUT2D eigenvalue weighted by Crippen LogP contribution is 2.22. The SMILES string of the molecule is COC(=Cc1ccccc1)C(=O)c1ccccc1OC. The lowest BCUT2D eigenvalue weighted by atomic mass is 10.1. The lowest BCUT2D eigenvalue weighted by Crippen LogP contribution is -2.07. The minimum atomic E-state index is -0.200. The van der Waals surface area contributed by atoms with Crippen molar-refractivity contribution in [2.45, 2.75) is 0 Å². The Morgan fingerprint density at radius 1 is 0.950 bits per heavy atom. The van der Waals surface area contributed by atoms with Crippen LogP contribution in [0, 0.1) is 0 Å². The molecular formula is C17H16O3. The van der Waals surface area contributed by atoms with Crippen molar-refractivity contribution >= 4 is 11.9 Å². The Balaban J connectivity index is 2.37. The summed E-state index contributed by atoms with van der Waals surface area (Å²) >= 11 is 0. The Labute approximate surface area is 118 Å². The fourth-order valence-electron chi connectivity index (χ4n) is 1.88. The summed E-state index contributed by atoms with van der Waals surface area (Å²) in [6.07, 6.45) is 1.72. The van der Waals surface area contributed by atoms with E-state index in [0.29, 0.717) is 11.3 Å². The van der Waals surface area contributed by atoms with Crippen molar-refractivity contribution in [2.24, 2.45) is 0 Å². The molecule has 0 N–H and O–H groups in total. The molecule has 0 amide bonds. The van der Waals surface area contributed by atoms with Gasteiger partial charge in [-0.05, 0) is 23.8 Å². The molecule has 3 heteroatoms. The van der Waals surface area contributed by atoms with Crippen molar-refractivity contribution in [3.05, 3.63) is 71.5 Å². The molecule has 0 saturated heterocycles. The van der Waals surface area contributed by atoms with Gasteiger partial charge in [-0.25, -0.2) is 0 Å². The first-order valence-electron chi connectivity index (χ1n) is 6.24. The maximum Gasteiger partial charge on any atom is 0.231 e. The largest absolute Gasteiger partial charge is 0.496 e. The van der Waals surface area contributed by atoms with Crippen LogP contribution in [0.5, 0.6) is 5.75 Å². The van der Waals surface area contributed by atoms with E-state index in [0.717, 1.165) is 5.56 Å². The Hall–Kier alpha value is -2.55. The van der Waals surface area contributed by atoms with Gasteiger partial charge in [0.2, 0.25) is 5.78 Å². The summed E-state index contributed by atoms with van der Waals surface area (Å²) in [5.41, 5.74) is 1.40. The molecule has 2 aromatic carbocycles. The van der Waals surface area contributed by atoms with Gasteiger partial charge in [-0.3, -0.25) is 4.79 Å². The number of allylic oxidation sites excluding steroid dienone is 1. The van der Waals surface area contributed by atoms with E-state index in [-0.39, 0.29) is 11.5 Å². The molecule has 3 nitrogen and oxygen atoms in total. The van der Waals surface area contributed by atoms with Crippen molar-refractivity contribution in [1.29, 1.82) is 0 Å². The van der Waals surface area contributed by atoms with E-state index >= 15 is 0 Å². The summed E-state index contributed by atoms with van der Waals surface area (Å²) in [6.45, 7) is 0. The Kier molecular flexibility index (Phi) is 4.56. The minimum absolute atomic E-state index is 0.200. The second-order valence-corrected chi connectivity index (χ2v) is 4.15. The average Bonchev–Trinajstić information content (AvgIpc) is 2.53. The van der Waals surface area contributed by atoms with Crippen LogP contribution >= 0.6 is 0 Å². The molecule has 0 unspecified atom stereocenters. The summed E-state index contributed by atoms with van der Waals surface area (Å²) in [6, 6.07) is 16.7. The molecule has 0 aromatic heterocycles. The number of hydrogen-bond donors (Lipinski definition) is 0. The summed E-state index contributed by atoms with van der Waals surface area (Å²) in [5, 5.41) is 0. The van der Waals surface area contributed by atoms with Gasteiger partial charge in [0.05, 0.1) is 19.8 Å². The first kappa shape index (κ1) is 13.9. The van der Waals surface area contributed by atoms with Crippen LogP contribution in [0.2, 0.25) is 0 Å². The van der Waals surface area contributed by atoms with Crippen molar-refractivity contribution in [3.63, 3.8) is 0 Å². The molecule has 0 heterocycles. The van der Waals surface area contributed by atoms with Crippen LogP contribution in [0.15, 0.2) is 60.4 Å². The molecule has 0 bridgehead atoms. The Bertz CT molecular complexity index is 615. The summed E-state index contributed by atoms with van der Waals surface area (Å²) in [5.74, 6) is 0.614. The molecule has 2 rings (SSSR count). The van der Waals surface area contributed by atoms with Gasteiger partial charge in [0.15, 0.2) is 5.76 Å². The molecule has 0 spiro atoms. The number of carbonyl (C=O) groups is 1. The van der Waals surface area contributed by atoms with Crippen molar-refractivity contribution < 1.29 is 14.3 Å². The zero-order chi connectivity index (χ0) is 14.4. The Morgan fingerprint density at radius 3 is 2.25 bits per heavy atom. The maximum atomic E-state index is 12.5. The van der Waals surface area contributed by atoms with Gasteiger partial charge in [-0.15, -0.1) is 0 Å². The summed E-state index contributed by atoms with van der Waals surface area (Å²) in [4.78, 5) is 12.5. The topological polar surface area (TPSA) is 35.5 Å². The van der Waals surface area contributed by atoms with Crippen molar-refractivity contribution in [3.8, 4) is 5.75 Å². The minimum Gasteiger partial charge on any atom is -0.496 e. The number of para-hydroxylation sites is 1. The molecule has 20 heavy (non-hydrogen) atoms. The van der Waals surface area contributed by atoms with Crippen LogP contribution in [-0.4, -0.2) is 20.0 Å². The molecule has 2 aromatic rings. The van der Waals surface area contributed by atoms with Gasteiger partial charge < -0.3 is 9.47 Å². The van der Waals surface area contributed by atoms with E-state index in [1.165, 1.54) is 7.11 Å². The van der Waals surface area contributed by atoms with Gasteiger partial charge in [-0.2, -0.15) is 0 Å². The number of hydrogen-bond acceptors (Lipinski definition) is 3. The van der Waals surface area contributed by atoms with E-state index in [1.54, 1.807) is 31.4 Å². The highest BCUT2D eigenvalue weighted by atomic mass is 16.5. The monoisotopic (exact) mass is 268 g/mol. The first-order chi connectivity index (χ1) is 9.76. The smallest absolute Gasteiger partial charge is 0.231 e. The lowest BCUT2D eigenvalue weighted by molar-refractivity contribution is 0.0954. The normalized spacial score (nSPS) is 11.0. The third kappa shape index (κ3) is 3.06. The molecule has 0 radical (unpaired) electrons. The molecule has 0 aliphatic carbocycles. The first-order valence-corrected chi connectivity index (χ1v) is 6.24. The van der Waals surface area contributed by atoms with E-state index in [4.69, 9.17) is 9.47 Å². The second-order valence-electron chi connectivity index (χ2n) is 4.15. The molecule has 0 aliphatic rings. The summed E-state index contributed by atoms with van der Waals surface area (Å²) in [7, 11) is 3.03. The number of benzene rings is 2. The molecular weight excluding hydrogens is 252 g/mol.